The van der Waals surface area contributed by atoms with E-state index in [0.29, 0.717) is 36.3 Å². The van der Waals surface area contributed by atoms with Crippen molar-refractivity contribution in [3.63, 3.8) is 0 Å². The van der Waals surface area contributed by atoms with Crippen LogP contribution in [0.3, 0.4) is 0 Å². The molecule has 0 unspecified atom stereocenters. The molecule has 4 rings (SSSR count). The molecular formula is C17H19N3O4S2. The maximum Gasteiger partial charge on any atom is 0.258 e. The molecular weight excluding hydrogens is 374 g/mol. The molecule has 1 saturated heterocycles. The van der Waals surface area contributed by atoms with E-state index >= 15 is 0 Å². The van der Waals surface area contributed by atoms with E-state index < -0.39 is 10.0 Å². The van der Waals surface area contributed by atoms with Crippen molar-refractivity contribution in [2.45, 2.75) is 24.2 Å². The number of fused-ring (bicyclic) bond motifs is 1. The van der Waals surface area contributed by atoms with Crippen LogP contribution < -0.4 is 0 Å². The molecule has 1 aliphatic heterocycles. The molecule has 0 bridgehead atoms. The fourth-order valence-corrected chi connectivity index (χ4v) is 5.70. The average molecular weight is 393 g/mol. The van der Waals surface area contributed by atoms with E-state index in [0.717, 1.165) is 5.56 Å². The number of sulfonamides is 1. The van der Waals surface area contributed by atoms with Crippen molar-refractivity contribution in [3.05, 3.63) is 40.3 Å². The molecule has 0 aliphatic carbocycles. The highest BCUT2D eigenvalue weighted by Gasteiger charge is 2.40. The van der Waals surface area contributed by atoms with Crippen LogP contribution in [0.15, 0.2) is 38.5 Å². The lowest BCUT2D eigenvalue weighted by Crippen LogP contribution is -2.29. The molecule has 0 aromatic carbocycles. The highest BCUT2D eigenvalue weighted by atomic mass is 32.2. The van der Waals surface area contributed by atoms with Crippen molar-refractivity contribution in [1.29, 1.82) is 0 Å². The molecule has 1 N–H and O–H groups in total. The van der Waals surface area contributed by atoms with Crippen LogP contribution in [0.1, 0.15) is 24.1 Å². The van der Waals surface area contributed by atoms with Gasteiger partial charge in [-0.3, -0.25) is 0 Å². The number of aryl methyl sites for hydroxylation is 1. The number of rotatable bonds is 5. The third kappa shape index (κ3) is 2.84. The summed E-state index contributed by atoms with van der Waals surface area (Å²) in [4.78, 5) is 4.24. The van der Waals surface area contributed by atoms with Crippen LogP contribution in [0.5, 0.6) is 0 Å². The second-order valence-electron chi connectivity index (χ2n) is 6.43. The van der Waals surface area contributed by atoms with E-state index in [-0.39, 0.29) is 23.3 Å². The first-order chi connectivity index (χ1) is 12.5. The Balaban J connectivity index is 1.68. The van der Waals surface area contributed by atoms with Crippen molar-refractivity contribution in [2.24, 2.45) is 5.92 Å². The molecule has 9 heteroatoms. The normalized spacial score (nSPS) is 21.6. The molecule has 3 aromatic heterocycles. The lowest BCUT2D eigenvalue weighted by Gasteiger charge is -2.16. The summed E-state index contributed by atoms with van der Waals surface area (Å²) in [5, 5.41) is 18.3. The van der Waals surface area contributed by atoms with Gasteiger partial charge in [0.1, 0.15) is 4.90 Å². The van der Waals surface area contributed by atoms with Gasteiger partial charge in [0.15, 0.2) is 0 Å². The highest BCUT2D eigenvalue weighted by molar-refractivity contribution is 7.89. The van der Waals surface area contributed by atoms with Crippen LogP contribution in [0.25, 0.3) is 11.1 Å². The van der Waals surface area contributed by atoms with Crippen LogP contribution in [-0.4, -0.2) is 47.7 Å². The topological polar surface area (TPSA) is 96.5 Å². The van der Waals surface area contributed by atoms with Crippen molar-refractivity contribution >= 4 is 32.5 Å². The number of aromatic nitrogens is 2. The predicted molar refractivity (Wildman–Crippen MR) is 97.6 cm³/mol. The fourth-order valence-electron chi connectivity index (χ4n) is 3.48. The molecule has 138 valence electrons. The van der Waals surface area contributed by atoms with Gasteiger partial charge in [-0.05, 0) is 34.9 Å². The van der Waals surface area contributed by atoms with Crippen LogP contribution >= 0.6 is 11.3 Å². The second-order valence-corrected chi connectivity index (χ2v) is 9.15. The number of hydrogen-bond donors (Lipinski definition) is 1. The van der Waals surface area contributed by atoms with Crippen molar-refractivity contribution in [1.82, 2.24) is 14.4 Å². The van der Waals surface area contributed by atoms with Crippen molar-refractivity contribution < 1.29 is 18.0 Å². The summed E-state index contributed by atoms with van der Waals surface area (Å²) in [6.07, 6.45) is 1.95. The summed E-state index contributed by atoms with van der Waals surface area (Å²) in [5.41, 5.74) is 2.11. The van der Waals surface area contributed by atoms with E-state index in [1.807, 2.05) is 23.8 Å². The number of aliphatic hydroxyl groups excluding tert-OH is 1. The van der Waals surface area contributed by atoms with Gasteiger partial charge >= 0.3 is 0 Å². The monoisotopic (exact) mass is 393 g/mol. The Labute approximate surface area is 155 Å². The van der Waals surface area contributed by atoms with Crippen LogP contribution in [0.2, 0.25) is 0 Å². The molecule has 0 amide bonds. The molecule has 7 nitrogen and oxygen atoms in total. The number of aliphatic hydroxyl groups is 1. The van der Waals surface area contributed by atoms with Gasteiger partial charge in [0.2, 0.25) is 10.0 Å². The third-order valence-corrected chi connectivity index (χ3v) is 7.46. The van der Waals surface area contributed by atoms with Crippen LogP contribution in [0, 0.1) is 5.92 Å². The minimum atomic E-state index is -3.71. The minimum Gasteiger partial charge on any atom is -0.396 e. The van der Waals surface area contributed by atoms with Crippen molar-refractivity contribution in [2.75, 3.05) is 19.7 Å². The fraction of sp³-hybridized carbons (Fsp3) is 0.412. The van der Waals surface area contributed by atoms with Gasteiger partial charge < -0.3 is 9.63 Å². The zero-order chi connectivity index (χ0) is 18.3. The standard InChI is InChI=1S/C17H19N3O4S2/c1-2-16-14-5-13(6-18-17(14)24-19-16)26(22,23)20-7-12(9-21)15(8-20)11-3-4-25-10-11/h3-6,10,12,15,21H,2,7-9H2,1H3/t12-,15-/m0/s1. The first kappa shape index (κ1) is 17.6. The Morgan fingerprint density at radius 1 is 1.42 bits per heavy atom. The van der Waals surface area contributed by atoms with Gasteiger partial charge in [0.05, 0.1) is 17.3 Å². The summed E-state index contributed by atoms with van der Waals surface area (Å²) in [5.74, 6) is -0.114. The zero-order valence-corrected chi connectivity index (χ0v) is 15.8. The van der Waals surface area contributed by atoms with Crippen LogP contribution in [-0.2, 0) is 16.4 Å². The maximum absolute atomic E-state index is 13.1. The van der Waals surface area contributed by atoms with Gasteiger partial charge in [0.25, 0.3) is 5.71 Å². The third-order valence-electron chi connectivity index (χ3n) is 4.97. The summed E-state index contributed by atoms with van der Waals surface area (Å²) >= 11 is 1.57. The maximum atomic E-state index is 13.1. The minimum absolute atomic E-state index is 0.000454. The Morgan fingerprint density at radius 2 is 2.27 bits per heavy atom. The summed E-state index contributed by atoms with van der Waals surface area (Å²) in [7, 11) is -3.71. The Kier molecular flexibility index (Phi) is 4.55. The predicted octanol–water partition coefficient (Wildman–Crippen LogP) is 2.24. The largest absolute Gasteiger partial charge is 0.396 e. The Bertz CT molecular complexity index is 1010. The smallest absolute Gasteiger partial charge is 0.258 e. The molecule has 26 heavy (non-hydrogen) atoms. The molecule has 2 atom stereocenters. The highest BCUT2D eigenvalue weighted by Crippen LogP contribution is 2.36. The molecule has 3 aromatic rings. The number of nitrogens with zero attached hydrogens (tertiary/aromatic N) is 3. The summed E-state index contributed by atoms with van der Waals surface area (Å²) < 4.78 is 32.8. The number of hydrogen-bond acceptors (Lipinski definition) is 7. The van der Waals surface area contributed by atoms with Gasteiger partial charge in [0, 0.05) is 31.5 Å². The van der Waals surface area contributed by atoms with Gasteiger partial charge in [-0.25, -0.2) is 13.4 Å². The molecule has 0 radical (unpaired) electrons. The number of thiophene rings is 1. The first-order valence-corrected chi connectivity index (χ1v) is 10.8. The van der Waals surface area contributed by atoms with Gasteiger partial charge in [-0.15, -0.1) is 0 Å². The number of pyridine rings is 1. The average Bonchev–Trinajstić information content (AvgIpc) is 3.38. The zero-order valence-electron chi connectivity index (χ0n) is 14.2. The van der Waals surface area contributed by atoms with Gasteiger partial charge in [-0.1, -0.05) is 12.1 Å². The van der Waals surface area contributed by atoms with E-state index in [1.54, 1.807) is 17.4 Å². The lowest BCUT2D eigenvalue weighted by atomic mass is 9.92. The van der Waals surface area contributed by atoms with Crippen molar-refractivity contribution in [3.8, 4) is 0 Å². The molecule has 0 spiro atoms. The molecule has 1 fully saturated rings. The molecule has 4 heterocycles. The summed E-state index contributed by atoms with van der Waals surface area (Å²) in [6.45, 7) is 2.53. The second kappa shape index (κ2) is 6.73. The van der Waals surface area contributed by atoms with Gasteiger partial charge in [-0.2, -0.15) is 15.6 Å². The van der Waals surface area contributed by atoms with E-state index in [2.05, 4.69) is 10.1 Å². The Hall–Kier alpha value is -1.81. The SMILES string of the molecule is CCc1noc2ncc(S(=O)(=O)N3C[C@@H](CO)[C@H](c4ccsc4)C3)cc12. The van der Waals surface area contributed by atoms with E-state index in [4.69, 9.17) is 4.52 Å². The lowest BCUT2D eigenvalue weighted by molar-refractivity contribution is 0.223. The molecule has 1 aliphatic rings. The van der Waals surface area contributed by atoms with E-state index in [9.17, 15) is 13.5 Å². The quantitative estimate of drug-likeness (QED) is 0.714. The van der Waals surface area contributed by atoms with Crippen LogP contribution in [0.4, 0.5) is 0 Å². The molecule has 0 saturated carbocycles. The summed E-state index contributed by atoms with van der Waals surface area (Å²) in [6, 6.07) is 3.57. The van der Waals surface area contributed by atoms with E-state index in [1.165, 1.54) is 10.5 Å². The Morgan fingerprint density at radius 3 is 2.96 bits per heavy atom. The first-order valence-electron chi connectivity index (χ1n) is 8.42.